The molecule has 1 aliphatic heterocycles. The van der Waals surface area contributed by atoms with E-state index in [1.807, 2.05) is 19.1 Å². The molecule has 1 saturated heterocycles. The molecule has 0 unspecified atom stereocenters. The van der Waals surface area contributed by atoms with Gasteiger partial charge in [0, 0.05) is 29.8 Å². The molecular weight excluding hydrogens is 447 g/mol. The van der Waals surface area contributed by atoms with Crippen molar-refractivity contribution < 1.29 is 32.2 Å². The number of fused-ring (bicyclic) bond motifs is 1. The maximum Gasteiger partial charge on any atom is 0.416 e. The summed E-state index contributed by atoms with van der Waals surface area (Å²) in [5.74, 6) is 0.145. The third kappa shape index (κ3) is 5.38. The number of carbonyl (C=O) groups excluding carboxylic acids is 1. The van der Waals surface area contributed by atoms with Gasteiger partial charge in [0.2, 0.25) is 0 Å². The number of alkyl halides is 3. The highest BCUT2D eigenvalue weighted by Crippen LogP contribution is 2.39. The Kier molecular flexibility index (Phi) is 7.16. The molecule has 1 fully saturated rings. The minimum absolute atomic E-state index is 0.0291. The third-order valence-corrected chi connectivity index (χ3v) is 6.43. The SMILES string of the molecule is COC(=O)CCc1[nH]c2ccc(OCc3ccc(C4CCOCC4)c(C(F)(F)F)c3)cc2c1C. The van der Waals surface area contributed by atoms with Gasteiger partial charge in [0.25, 0.3) is 0 Å². The normalized spacial score (nSPS) is 15.0. The molecule has 0 radical (unpaired) electrons. The number of rotatable bonds is 7. The smallest absolute Gasteiger partial charge is 0.416 e. The molecule has 5 nitrogen and oxygen atoms in total. The van der Waals surface area contributed by atoms with Crippen molar-refractivity contribution in [1.82, 2.24) is 4.98 Å². The van der Waals surface area contributed by atoms with Gasteiger partial charge in [-0.15, -0.1) is 0 Å². The zero-order valence-electron chi connectivity index (χ0n) is 19.3. The largest absolute Gasteiger partial charge is 0.489 e. The maximum atomic E-state index is 13.8. The quantitative estimate of drug-likeness (QED) is 0.421. The van der Waals surface area contributed by atoms with E-state index < -0.39 is 11.7 Å². The Balaban J connectivity index is 1.50. The predicted molar refractivity (Wildman–Crippen MR) is 122 cm³/mol. The fraction of sp³-hybridized carbons (Fsp3) is 0.423. The molecule has 3 aromatic rings. The number of benzene rings is 2. The number of hydrogen-bond donors (Lipinski definition) is 1. The first-order valence-electron chi connectivity index (χ1n) is 11.3. The van der Waals surface area contributed by atoms with Crippen molar-refractivity contribution in [2.75, 3.05) is 20.3 Å². The number of H-pyrrole nitrogens is 1. The Hall–Kier alpha value is -3.00. The topological polar surface area (TPSA) is 60.6 Å². The summed E-state index contributed by atoms with van der Waals surface area (Å²) in [6, 6.07) is 10.0. The highest BCUT2D eigenvalue weighted by Gasteiger charge is 2.36. The van der Waals surface area contributed by atoms with Crippen LogP contribution in [0.1, 0.15) is 53.1 Å². The molecule has 1 aromatic heterocycles. The second kappa shape index (κ2) is 10.1. The molecule has 1 N–H and O–H groups in total. The zero-order chi connectivity index (χ0) is 24.3. The Morgan fingerprint density at radius 1 is 1.15 bits per heavy atom. The molecule has 0 bridgehead atoms. The zero-order valence-corrected chi connectivity index (χ0v) is 19.3. The van der Waals surface area contributed by atoms with Crippen LogP contribution in [0.3, 0.4) is 0 Å². The number of ether oxygens (including phenoxy) is 3. The van der Waals surface area contributed by atoms with Crippen molar-refractivity contribution in [3.05, 3.63) is 64.3 Å². The minimum Gasteiger partial charge on any atom is -0.489 e. The molecule has 0 saturated carbocycles. The highest BCUT2D eigenvalue weighted by atomic mass is 19.4. The van der Waals surface area contributed by atoms with Crippen LogP contribution < -0.4 is 4.74 Å². The molecule has 34 heavy (non-hydrogen) atoms. The van der Waals surface area contributed by atoms with E-state index in [1.54, 1.807) is 18.2 Å². The van der Waals surface area contributed by atoms with E-state index in [4.69, 9.17) is 14.2 Å². The van der Waals surface area contributed by atoms with Crippen LogP contribution in [0.5, 0.6) is 5.75 Å². The van der Waals surface area contributed by atoms with E-state index in [-0.39, 0.29) is 24.9 Å². The monoisotopic (exact) mass is 475 g/mol. The number of halogens is 3. The van der Waals surface area contributed by atoms with Gasteiger partial charge in [-0.25, -0.2) is 0 Å². The molecule has 0 atom stereocenters. The minimum atomic E-state index is -4.43. The Morgan fingerprint density at radius 2 is 1.91 bits per heavy atom. The molecule has 0 spiro atoms. The van der Waals surface area contributed by atoms with Crippen LogP contribution in [-0.4, -0.2) is 31.3 Å². The van der Waals surface area contributed by atoms with Gasteiger partial charge in [-0.3, -0.25) is 4.79 Å². The summed E-state index contributed by atoms with van der Waals surface area (Å²) in [5.41, 5.74) is 3.06. The molecule has 0 amide bonds. The number of hydrogen-bond acceptors (Lipinski definition) is 4. The van der Waals surface area contributed by atoms with Crippen molar-refractivity contribution in [2.45, 2.75) is 51.3 Å². The number of aromatic nitrogens is 1. The first-order valence-corrected chi connectivity index (χ1v) is 11.3. The van der Waals surface area contributed by atoms with Gasteiger partial charge in [0.15, 0.2) is 0 Å². The van der Waals surface area contributed by atoms with Crippen molar-refractivity contribution in [3.8, 4) is 5.75 Å². The van der Waals surface area contributed by atoms with E-state index in [2.05, 4.69) is 4.98 Å². The van der Waals surface area contributed by atoms with Crippen LogP contribution in [0.15, 0.2) is 36.4 Å². The van der Waals surface area contributed by atoms with E-state index in [1.165, 1.54) is 13.2 Å². The van der Waals surface area contributed by atoms with Gasteiger partial charge in [-0.1, -0.05) is 12.1 Å². The van der Waals surface area contributed by atoms with Gasteiger partial charge < -0.3 is 19.2 Å². The average molecular weight is 476 g/mol. The van der Waals surface area contributed by atoms with E-state index in [0.29, 0.717) is 49.4 Å². The van der Waals surface area contributed by atoms with E-state index in [0.717, 1.165) is 22.2 Å². The summed E-state index contributed by atoms with van der Waals surface area (Å²) >= 11 is 0. The molecule has 2 aromatic carbocycles. The second-order valence-electron chi connectivity index (χ2n) is 8.61. The van der Waals surface area contributed by atoms with Gasteiger partial charge in [0.1, 0.15) is 12.4 Å². The molecule has 1 aliphatic rings. The van der Waals surface area contributed by atoms with Crippen LogP contribution in [-0.2, 0) is 33.5 Å². The molecule has 0 aliphatic carbocycles. The number of methoxy groups -OCH3 is 1. The number of aromatic amines is 1. The summed E-state index contributed by atoms with van der Waals surface area (Å²) in [5, 5.41) is 0.947. The third-order valence-electron chi connectivity index (χ3n) is 6.43. The second-order valence-corrected chi connectivity index (χ2v) is 8.61. The van der Waals surface area contributed by atoms with Gasteiger partial charge in [-0.2, -0.15) is 13.2 Å². The number of aryl methyl sites for hydroxylation is 2. The summed E-state index contributed by atoms with van der Waals surface area (Å²) in [7, 11) is 1.36. The Labute approximate surface area is 196 Å². The van der Waals surface area contributed by atoms with Gasteiger partial charge in [-0.05, 0) is 73.1 Å². The fourth-order valence-corrected chi connectivity index (χ4v) is 4.50. The number of nitrogens with one attached hydrogen (secondary N) is 1. The van der Waals surface area contributed by atoms with Crippen molar-refractivity contribution >= 4 is 16.9 Å². The van der Waals surface area contributed by atoms with Crippen LogP contribution >= 0.6 is 0 Å². The molecule has 4 rings (SSSR count). The first kappa shape index (κ1) is 24.1. The van der Waals surface area contributed by atoms with Crippen molar-refractivity contribution in [3.63, 3.8) is 0 Å². The Bertz CT molecular complexity index is 1160. The van der Waals surface area contributed by atoms with Gasteiger partial charge in [0.05, 0.1) is 19.1 Å². The van der Waals surface area contributed by atoms with Crippen molar-refractivity contribution in [2.24, 2.45) is 0 Å². The standard InChI is InChI=1S/C26H28F3NO4/c1-16-21-14-19(4-6-24(21)30-23(16)7-8-25(31)32-2)34-15-17-3-5-20(18-9-11-33-12-10-18)22(13-17)26(27,28)29/h3-6,13-14,18,30H,7-12,15H2,1-2H3. The summed E-state index contributed by atoms with van der Waals surface area (Å²) in [6.07, 6.45) is -2.43. The molecule has 2 heterocycles. The summed E-state index contributed by atoms with van der Waals surface area (Å²) < 4.78 is 57.3. The van der Waals surface area contributed by atoms with Crippen molar-refractivity contribution in [1.29, 1.82) is 0 Å². The summed E-state index contributed by atoms with van der Waals surface area (Å²) in [6.45, 7) is 2.96. The lowest BCUT2D eigenvalue weighted by Gasteiger charge is -2.25. The average Bonchev–Trinajstić information content (AvgIpc) is 3.16. The number of carbonyl (C=O) groups is 1. The fourth-order valence-electron chi connectivity index (χ4n) is 4.50. The van der Waals surface area contributed by atoms with Crippen LogP contribution in [0, 0.1) is 6.92 Å². The van der Waals surface area contributed by atoms with Crippen LogP contribution in [0.2, 0.25) is 0 Å². The first-order chi connectivity index (χ1) is 16.3. The lowest BCUT2D eigenvalue weighted by molar-refractivity contribution is -0.140. The number of esters is 1. The van der Waals surface area contributed by atoms with E-state index in [9.17, 15) is 18.0 Å². The lowest BCUT2D eigenvalue weighted by atomic mass is 9.87. The molecule has 182 valence electrons. The van der Waals surface area contributed by atoms with Crippen LogP contribution in [0.25, 0.3) is 10.9 Å². The van der Waals surface area contributed by atoms with Crippen LogP contribution in [0.4, 0.5) is 13.2 Å². The predicted octanol–water partition coefficient (Wildman–Crippen LogP) is 6.07. The van der Waals surface area contributed by atoms with E-state index >= 15 is 0 Å². The highest BCUT2D eigenvalue weighted by molar-refractivity contribution is 5.86. The summed E-state index contributed by atoms with van der Waals surface area (Å²) in [4.78, 5) is 14.8. The molecule has 8 heteroatoms. The van der Waals surface area contributed by atoms with Gasteiger partial charge >= 0.3 is 12.1 Å². The maximum absolute atomic E-state index is 13.8. The lowest BCUT2D eigenvalue weighted by Crippen LogP contribution is -2.19. The Morgan fingerprint density at radius 3 is 2.62 bits per heavy atom. The molecular formula is C26H28F3NO4.